The van der Waals surface area contributed by atoms with E-state index in [2.05, 4.69) is 0 Å². The van der Waals surface area contributed by atoms with E-state index in [1.54, 1.807) is 0 Å². The minimum Gasteiger partial charge on any atom is -0.326 e. The molecule has 1 rings (SSSR count). The van der Waals surface area contributed by atoms with Crippen molar-refractivity contribution in [3.05, 3.63) is 27.7 Å². The highest BCUT2D eigenvalue weighted by Gasteiger charge is 2.28. The molecule has 0 amide bonds. The molecule has 114 valence electrons. The van der Waals surface area contributed by atoms with Crippen LogP contribution in [0.3, 0.4) is 0 Å². The molecule has 0 aliphatic carbocycles. The molecular weight excluding hydrogens is 319 g/mol. The molecule has 0 fully saturated rings. The molecule has 7 heteroatoms. The van der Waals surface area contributed by atoms with Gasteiger partial charge in [0.1, 0.15) is 4.90 Å². The molecule has 0 unspecified atom stereocenters. The van der Waals surface area contributed by atoms with E-state index in [1.165, 1.54) is 23.5 Å². The van der Waals surface area contributed by atoms with Gasteiger partial charge in [-0.05, 0) is 17.5 Å². The van der Waals surface area contributed by atoms with Crippen LogP contribution in [0.2, 0.25) is 10.0 Å². The highest BCUT2D eigenvalue weighted by molar-refractivity contribution is 7.89. The van der Waals surface area contributed by atoms with Crippen LogP contribution in [-0.4, -0.2) is 26.3 Å². The lowest BCUT2D eigenvalue weighted by atomic mass is 9.97. The van der Waals surface area contributed by atoms with Crippen molar-refractivity contribution in [3.8, 4) is 0 Å². The van der Waals surface area contributed by atoms with Crippen molar-refractivity contribution < 1.29 is 8.42 Å². The summed E-state index contributed by atoms with van der Waals surface area (Å²) in [7, 11) is -2.13. The number of nitrogens with zero attached hydrogens (tertiary/aromatic N) is 1. The first-order valence-electron chi connectivity index (χ1n) is 6.14. The summed E-state index contributed by atoms with van der Waals surface area (Å²) < 4.78 is 26.4. The molecule has 1 aromatic rings. The normalized spacial score (nSPS) is 13.0. The fraction of sp³-hybridized carbons (Fsp3) is 0.538. The Morgan fingerprint density at radius 2 is 1.80 bits per heavy atom. The van der Waals surface area contributed by atoms with Crippen molar-refractivity contribution >= 4 is 33.2 Å². The van der Waals surface area contributed by atoms with Crippen LogP contribution in [-0.2, 0) is 16.6 Å². The first-order valence-corrected chi connectivity index (χ1v) is 8.33. The first kappa shape index (κ1) is 17.7. The van der Waals surface area contributed by atoms with Crippen molar-refractivity contribution in [2.24, 2.45) is 11.1 Å². The Morgan fingerprint density at radius 3 is 2.25 bits per heavy atom. The number of rotatable bonds is 4. The van der Waals surface area contributed by atoms with Gasteiger partial charge in [0.05, 0.1) is 5.02 Å². The molecule has 0 saturated heterocycles. The molecule has 2 N–H and O–H groups in total. The fourth-order valence-electron chi connectivity index (χ4n) is 1.88. The molecule has 0 saturated carbocycles. The highest BCUT2D eigenvalue weighted by Crippen LogP contribution is 2.32. The van der Waals surface area contributed by atoms with Crippen molar-refractivity contribution in [1.29, 1.82) is 0 Å². The van der Waals surface area contributed by atoms with E-state index in [9.17, 15) is 8.42 Å². The second-order valence-corrected chi connectivity index (χ2v) is 8.66. The quantitative estimate of drug-likeness (QED) is 0.917. The zero-order valence-electron chi connectivity index (χ0n) is 12.1. The van der Waals surface area contributed by atoms with E-state index in [0.717, 1.165) is 0 Å². The average molecular weight is 339 g/mol. The van der Waals surface area contributed by atoms with Crippen LogP contribution in [0, 0.1) is 5.41 Å². The van der Waals surface area contributed by atoms with Crippen molar-refractivity contribution in [3.63, 3.8) is 0 Å². The SMILES string of the molecule is CN(CC(C)(C)C)S(=O)(=O)c1ccc(Cl)c(CN)c1Cl. The van der Waals surface area contributed by atoms with E-state index in [4.69, 9.17) is 28.9 Å². The van der Waals surface area contributed by atoms with Crippen LogP contribution < -0.4 is 5.73 Å². The molecule has 0 spiro atoms. The summed E-state index contributed by atoms with van der Waals surface area (Å²) in [6.07, 6.45) is 0. The number of benzene rings is 1. The van der Waals surface area contributed by atoms with E-state index in [1.807, 2.05) is 20.8 Å². The smallest absolute Gasteiger partial charge is 0.244 e. The largest absolute Gasteiger partial charge is 0.326 e. The molecule has 20 heavy (non-hydrogen) atoms. The number of halogens is 2. The van der Waals surface area contributed by atoms with Gasteiger partial charge in [0.25, 0.3) is 0 Å². The molecular formula is C13H20Cl2N2O2S. The summed E-state index contributed by atoms with van der Waals surface area (Å²) in [6.45, 7) is 6.37. The van der Waals surface area contributed by atoms with Gasteiger partial charge in [-0.3, -0.25) is 0 Å². The van der Waals surface area contributed by atoms with Crippen LogP contribution in [0.1, 0.15) is 26.3 Å². The van der Waals surface area contributed by atoms with Gasteiger partial charge in [-0.2, -0.15) is 0 Å². The summed E-state index contributed by atoms with van der Waals surface area (Å²) in [5, 5.41) is 0.468. The van der Waals surface area contributed by atoms with Crippen molar-refractivity contribution in [2.75, 3.05) is 13.6 Å². The molecule has 0 aromatic heterocycles. The Bertz CT molecular complexity index is 595. The second kappa shape index (κ2) is 6.20. The molecule has 0 bridgehead atoms. The Morgan fingerprint density at radius 1 is 1.25 bits per heavy atom. The predicted octanol–water partition coefficient (Wildman–Crippen LogP) is 3.12. The van der Waals surface area contributed by atoms with E-state index >= 15 is 0 Å². The van der Waals surface area contributed by atoms with Gasteiger partial charge in [-0.15, -0.1) is 0 Å². The predicted molar refractivity (Wildman–Crippen MR) is 83.6 cm³/mol. The Balaban J connectivity index is 3.30. The Hall–Kier alpha value is -0.330. The fourth-order valence-corrected chi connectivity index (χ4v) is 4.18. The molecule has 0 aliphatic rings. The molecule has 0 heterocycles. The zero-order valence-corrected chi connectivity index (χ0v) is 14.4. The number of hydrogen-bond acceptors (Lipinski definition) is 3. The number of nitrogens with two attached hydrogens (primary N) is 1. The maximum Gasteiger partial charge on any atom is 0.244 e. The molecule has 0 atom stereocenters. The maximum atomic E-state index is 12.6. The van der Waals surface area contributed by atoms with Gasteiger partial charge < -0.3 is 5.73 Å². The molecule has 4 nitrogen and oxygen atoms in total. The number of sulfonamides is 1. The van der Waals surface area contributed by atoms with Crippen LogP contribution >= 0.6 is 23.2 Å². The minimum atomic E-state index is -3.67. The first-order chi connectivity index (χ1) is 9.00. The summed E-state index contributed by atoms with van der Waals surface area (Å²) in [5.41, 5.74) is 5.85. The Kier molecular flexibility index (Phi) is 5.49. The van der Waals surface area contributed by atoms with Gasteiger partial charge in [0, 0.05) is 30.7 Å². The number of hydrogen-bond donors (Lipinski definition) is 1. The summed E-state index contributed by atoms with van der Waals surface area (Å²) >= 11 is 12.1. The highest BCUT2D eigenvalue weighted by atomic mass is 35.5. The minimum absolute atomic E-state index is 0.0377. The Labute approximate surface area is 130 Å². The third kappa shape index (κ3) is 3.86. The molecule has 0 radical (unpaired) electrons. The van der Waals surface area contributed by atoms with Gasteiger partial charge in [-0.1, -0.05) is 44.0 Å². The van der Waals surface area contributed by atoms with Crippen LogP contribution in [0.5, 0.6) is 0 Å². The van der Waals surface area contributed by atoms with Crippen LogP contribution in [0.25, 0.3) is 0 Å². The zero-order chi connectivity index (χ0) is 15.7. The topological polar surface area (TPSA) is 63.4 Å². The monoisotopic (exact) mass is 338 g/mol. The lowest BCUT2D eigenvalue weighted by Gasteiger charge is -2.26. The van der Waals surface area contributed by atoms with E-state index < -0.39 is 10.0 Å². The summed E-state index contributed by atoms with van der Waals surface area (Å²) in [6, 6.07) is 2.92. The summed E-state index contributed by atoms with van der Waals surface area (Å²) in [4.78, 5) is 0.0377. The maximum absolute atomic E-state index is 12.6. The van der Waals surface area contributed by atoms with Crippen molar-refractivity contribution in [1.82, 2.24) is 4.31 Å². The van der Waals surface area contributed by atoms with Gasteiger partial charge in [-0.25, -0.2) is 12.7 Å². The average Bonchev–Trinajstić information content (AvgIpc) is 2.26. The van der Waals surface area contributed by atoms with E-state index in [-0.39, 0.29) is 21.9 Å². The molecule has 0 aliphatic heterocycles. The molecule has 1 aromatic carbocycles. The van der Waals surface area contributed by atoms with Gasteiger partial charge in [0.2, 0.25) is 10.0 Å². The van der Waals surface area contributed by atoms with E-state index in [0.29, 0.717) is 17.1 Å². The third-order valence-electron chi connectivity index (χ3n) is 2.74. The lowest BCUT2D eigenvalue weighted by molar-refractivity contribution is 0.311. The van der Waals surface area contributed by atoms with Crippen LogP contribution in [0.4, 0.5) is 0 Å². The summed E-state index contributed by atoms with van der Waals surface area (Å²) in [5.74, 6) is 0. The van der Waals surface area contributed by atoms with Crippen LogP contribution in [0.15, 0.2) is 17.0 Å². The second-order valence-electron chi connectivity index (χ2n) is 5.86. The third-order valence-corrected chi connectivity index (χ3v) is 5.48. The standard InChI is InChI=1S/C13H20Cl2N2O2S/c1-13(2,3)8-17(4)20(18,19)11-6-5-10(14)9(7-16)12(11)15/h5-6H,7-8,16H2,1-4H3. The lowest BCUT2D eigenvalue weighted by Crippen LogP contribution is -2.34. The van der Waals surface area contributed by atoms with Crippen molar-refractivity contribution in [2.45, 2.75) is 32.2 Å². The van der Waals surface area contributed by atoms with Gasteiger partial charge in [0.15, 0.2) is 0 Å². The van der Waals surface area contributed by atoms with Gasteiger partial charge >= 0.3 is 0 Å².